The molecule has 0 atom stereocenters. The van der Waals surface area contributed by atoms with Crippen molar-refractivity contribution in [2.45, 2.75) is 39.5 Å². The van der Waals surface area contributed by atoms with Gasteiger partial charge in [0.15, 0.2) is 0 Å². The number of carboxylic acids is 1. The molecule has 18 heavy (non-hydrogen) atoms. The van der Waals surface area contributed by atoms with E-state index < -0.39 is 11.4 Å². The average molecular weight is 256 g/mol. The predicted molar refractivity (Wildman–Crippen MR) is 73.8 cm³/mol. The second-order valence-electron chi connectivity index (χ2n) is 5.58. The van der Waals surface area contributed by atoms with E-state index in [1.54, 1.807) is 0 Å². The fourth-order valence-electron chi connectivity index (χ4n) is 2.76. The van der Waals surface area contributed by atoms with Gasteiger partial charge in [-0.25, -0.2) is 0 Å². The third kappa shape index (κ3) is 3.95. The zero-order valence-electron chi connectivity index (χ0n) is 12.1. The Morgan fingerprint density at radius 3 is 2.28 bits per heavy atom. The van der Waals surface area contributed by atoms with Crippen molar-refractivity contribution in [3.8, 4) is 0 Å². The van der Waals surface area contributed by atoms with Crippen LogP contribution in [0.15, 0.2) is 0 Å². The fraction of sp³-hybridized carbons (Fsp3) is 0.929. The summed E-state index contributed by atoms with van der Waals surface area (Å²) < 4.78 is 0. The number of hydrogen-bond donors (Lipinski definition) is 1. The maximum absolute atomic E-state index is 11.4. The minimum Gasteiger partial charge on any atom is -0.481 e. The van der Waals surface area contributed by atoms with Gasteiger partial charge in [0.05, 0.1) is 5.41 Å². The molecule has 1 aliphatic rings. The van der Waals surface area contributed by atoms with Crippen LogP contribution in [-0.4, -0.2) is 60.6 Å². The van der Waals surface area contributed by atoms with Crippen LogP contribution in [0.2, 0.25) is 0 Å². The van der Waals surface area contributed by atoms with Gasteiger partial charge in [-0.3, -0.25) is 4.79 Å². The number of likely N-dealkylation sites (N-methyl/N-ethyl adjacent to an activating group) is 1. The van der Waals surface area contributed by atoms with Gasteiger partial charge in [0, 0.05) is 19.6 Å². The molecular formula is C14H28N2O2. The van der Waals surface area contributed by atoms with Crippen LogP contribution in [0.4, 0.5) is 0 Å². The Bertz CT molecular complexity index is 259. The molecule has 0 aromatic carbocycles. The van der Waals surface area contributed by atoms with Gasteiger partial charge in [0.2, 0.25) is 0 Å². The average Bonchev–Trinajstić information content (AvgIpc) is 2.86. The highest BCUT2D eigenvalue weighted by atomic mass is 16.4. The molecule has 0 bridgehead atoms. The smallest absolute Gasteiger partial charge is 0.310 e. The van der Waals surface area contributed by atoms with Crippen molar-refractivity contribution in [3.63, 3.8) is 0 Å². The van der Waals surface area contributed by atoms with Crippen molar-refractivity contribution in [3.05, 3.63) is 0 Å². The molecule has 0 radical (unpaired) electrons. The van der Waals surface area contributed by atoms with Crippen molar-refractivity contribution < 1.29 is 9.90 Å². The van der Waals surface area contributed by atoms with Gasteiger partial charge in [0.1, 0.15) is 0 Å². The molecule has 1 heterocycles. The Kier molecular flexibility index (Phi) is 6.09. The summed E-state index contributed by atoms with van der Waals surface area (Å²) in [5, 5.41) is 9.42. The number of likely N-dealkylation sites (tertiary alicyclic amines) is 1. The summed E-state index contributed by atoms with van der Waals surface area (Å²) in [6.07, 6.45) is 4.03. The van der Waals surface area contributed by atoms with E-state index in [0.29, 0.717) is 19.4 Å². The van der Waals surface area contributed by atoms with Gasteiger partial charge < -0.3 is 14.9 Å². The molecule has 0 aliphatic carbocycles. The van der Waals surface area contributed by atoms with Gasteiger partial charge in [-0.2, -0.15) is 0 Å². The van der Waals surface area contributed by atoms with Crippen LogP contribution < -0.4 is 0 Å². The second kappa shape index (κ2) is 7.10. The Labute approximate surface area is 111 Å². The van der Waals surface area contributed by atoms with Crippen LogP contribution in [0.5, 0.6) is 0 Å². The Balaban J connectivity index is 2.40. The highest BCUT2D eigenvalue weighted by molar-refractivity contribution is 5.74. The molecule has 4 nitrogen and oxygen atoms in total. The summed E-state index contributed by atoms with van der Waals surface area (Å²) in [4.78, 5) is 16.1. The minimum atomic E-state index is -0.652. The summed E-state index contributed by atoms with van der Waals surface area (Å²) in [5.74, 6) is -0.652. The number of hydrogen-bond acceptors (Lipinski definition) is 3. The first-order valence-corrected chi connectivity index (χ1v) is 7.18. The topological polar surface area (TPSA) is 43.8 Å². The summed E-state index contributed by atoms with van der Waals surface area (Å²) >= 11 is 0. The Hall–Kier alpha value is -0.610. The highest BCUT2D eigenvalue weighted by Crippen LogP contribution is 2.27. The van der Waals surface area contributed by atoms with Gasteiger partial charge in [0.25, 0.3) is 0 Å². The van der Waals surface area contributed by atoms with Gasteiger partial charge >= 0.3 is 5.97 Å². The highest BCUT2D eigenvalue weighted by Gasteiger charge is 2.35. The van der Waals surface area contributed by atoms with Crippen LogP contribution >= 0.6 is 0 Å². The molecule has 106 valence electrons. The van der Waals surface area contributed by atoms with E-state index >= 15 is 0 Å². The van der Waals surface area contributed by atoms with Crippen molar-refractivity contribution in [2.24, 2.45) is 5.41 Å². The molecule has 0 amide bonds. The first-order chi connectivity index (χ1) is 8.54. The van der Waals surface area contributed by atoms with Crippen molar-refractivity contribution >= 4 is 5.97 Å². The van der Waals surface area contributed by atoms with Crippen molar-refractivity contribution in [2.75, 3.05) is 39.8 Å². The first-order valence-electron chi connectivity index (χ1n) is 7.18. The monoisotopic (exact) mass is 256 g/mol. The van der Waals surface area contributed by atoms with E-state index in [2.05, 4.69) is 9.80 Å². The number of aliphatic carboxylic acids is 1. The zero-order chi connectivity index (χ0) is 13.6. The minimum absolute atomic E-state index is 0.570. The molecule has 1 N–H and O–H groups in total. The maximum atomic E-state index is 11.4. The molecule has 1 saturated heterocycles. The number of nitrogens with zero attached hydrogens (tertiary/aromatic N) is 2. The van der Waals surface area contributed by atoms with Crippen LogP contribution in [0.3, 0.4) is 0 Å². The number of carboxylic acid groups (broad SMARTS) is 1. The lowest BCUT2D eigenvalue weighted by Crippen LogP contribution is -2.43. The van der Waals surface area contributed by atoms with Crippen LogP contribution in [0, 0.1) is 5.41 Å². The molecule has 0 saturated carbocycles. The third-order valence-corrected chi connectivity index (χ3v) is 4.38. The molecule has 0 unspecified atom stereocenters. The maximum Gasteiger partial charge on any atom is 0.310 e. The molecule has 1 aliphatic heterocycles. The molecular weight excluding hydrogens is 228 g/mol. The lowest BCUT2D eigenvalue weighted by atomic mass is 9.82. The second-order valence-corrected chi connectivity index (χ2v) is 5.58. The molecule has 0 spiro atoms. The summed E-state index contributed by atoms with van der Waals surface area (Å²) in [7, 11) is 2.04. The van der Waals surface area contributed by atoms with E-state index in [-0.39, 0.29) is 0 Å². The number of rotatable bonds is 8. The summed E-state index contributed by atoms with van der Waals surface area (Å²) in [5.41, 5.74) is -0.570. The molecule has 1 fully saturated rings. The van der Waals surface area contributed by atoms with E-state index in [0.717, 1.165) is 13.1 Å². The third-order valence-electron chi connectivity index (χ3n) is 4.38. The van der Waals surface area contributed by atoms with E-state index in [9.17, 15) is 9.90 Å². The zero-order valence-corrected chi connectivity index (χ0v) is 12.1. The molecule has 0 aromatic rings. The normalized spacial score (nSPS) is 17.6. The fourth-order valence-corrected chi connectivity index (χ4v) is 2.76. The van der Waals surface area contributed by atoms with E-state index in [1.807, 2.05) is 20.9 Å². The van der Waals surface area contributed by atoms with Crippen molar-refractivity contribution in [1.29, 1.82) is 0 Å². The first kappa shape index (κ1) is 15.4. The van der Waals surface area contributed by atoms with E-state index in [1.165, 1.54) is 25.9 Å². The SMILES string of the molecule is CCC(CC)(CN(C)CCN1CCCC1)C(=O)O. The van der Waals surface area contributed by atoms with Crippen LogP contribution in [0.25, 0.3) is 0 Å². The van der Waals surface area contributed by atoms with Crippen LogP contribution in [-0.2, 0) is 4.79 Å². The molecule has 0 aromatic heterocycles. The Morgan fingerprint density at radius 2 is 1.83 bits per heavy atom. The standard InChI is InChI=1S/C14H28N2O2/c1-4-14(5-2,13(17)18)12-15(3)10-11-16-8-6-7-9-16/h4-12H2,1-3H3,(H,17,18). The van der Waals surface area contributed by atoms with Crippen molar-refractivity contribution in [1.82, 2.24) is 9.80 Å². The van der Waals surface area contributed by atoms with Gasteiger partial charge in [-0.05, 0) is 45.8 Å². The Morgan fingerprint density at radius 1 is 1.28 bits per heavy atom. The predicted octanol–water partition coefficient (Wildman–Crippen LogP) is 1.91. The summed E-state index contributed by atoms with van der Waals surface area (Å²) in [6, 6.07) is 0. The lowest BCUT2D eigenvalue weighted by Gasteiger charge is -2.32. The molecule has 1 rings (SSSR count). The largest absolute Gasteiger partial charge is 0.481 e. The van der Waals surface area contributed by atoms with Crippen LogP contribution in [0.1, 0.15) is 39.5 Å². The summed E-state index contributed by atoms with van der Waals surface area (Å²) in [6.45, 7) is 9.06. The van der Waals surface area contributed by atoms with E-state index in [4.69, 9.17) is 0 Å². The van der Waals surface area contributed by atoms with Gasteiger partial charge in [-0.1, -0.05) is 13.8 Å². The number of carbonyl (C=O) groups is 1. The lowest BCUT2D eigenvalue weighted by molar-refractivity contribution is -0.150. The van der Waals surface area contributed by atoms with Gasteiger partial charge in [-0.15, -0.1) is 0 Å². The quantitative estimate of drug-likeness (QED) is 0.720. The molecule has 4 heteroatoms.